The molecule has 0 aliphatic carbocycles. The Labute approximate surface area is 288 Å². The molecule has 0 unspecified atom stereocenters. The second-order valence-corrected chi connectivity index (χ2v) is 6.59. The average Bonchev–Trinajstić information content (AvgIpc) is 3.25. The highest BCUT2D eigenvalue weighted by atomic mass is 15.0. The van der Waals surface area contributed by atoms with E-state index >= 15 is 0 Å². The van der Waals surface area contributed by atoms with Gasteiger partial charge in [0, 0.05) is 73.1 Å². The first-order chi connectivity index (χ1) is 23.9. The largest absolute Gasteiger partial charge is 0.245 e. The number of hydrogen-bond acceptors (Lipinski definition) is 12. The molecule has 6 rings (SSSR count). The number of aromatic nitrogens is 12. The van der Waals surface area contributed by atoms with Crippen molar-refractivity contribution in [2.45, 2.75) is 83.1 Å². The highest BCUT2D eigenvalue weighted by molar-refractivity contribution is 5.58. The SMILES string of the molecule is CC.CC.CC.CC.CC.CC.c1cc(-c2ccncn2)ncn1.c1cnc(-c2ncccn2)nc1.c1ncc(-c2cncnc2)cn1. The second kappa shape index (κ2) is 37.7. The smallest absolute Gasteiger partial charge is 0.197 e. The molecule has 258 valence electrons. The minimum Gasteiger partial charge on any atom is -0.245 e. The number of rotatable bonds is 3. The summed E-state index contributed by atoms with van der Waals surface area (Å²) in [7, 11) is 0. The molecule has 0 N–H and O–H groups in total. The van der Waals surface area contributed by atoms with Crippen LogP contribution in [0.1, 0.15) is 83.1 Å². The van der Waals surface area contributed by atoms with Crippen molar-refractivity contribution in [1.82, 2.24) is 59.8 Å². The summed E-state index contributed by atoms with van der Waals surface area (Å²) < 4.78 is 0. The molecule has 12 heteroatoms. The zero-order valence-corrected chi connectivity index (χ0v) is 30.8. The molecule has 48 heavy (non-hydrogen) atoms. The van der Waals surface area contributed by atoms with Gasteiger partial charge in [0.1, 0.15) is 25.3 Å². The van der Waals surface area contributed by atoms with Gasteiger partial charge in [-0.05, 0) is 24.3 Å². The van der Waals surface area contributed by atoms with Crippen LogP contribution in [0.2, 0.25) is 0 Å². The zero-order valence-electron chi connectivity index (χ0n) is 30.8. The predicted octanol–water partition coefficient (Wildman–Crippen LogP) is 8.96. The van der Waals surface area contributed by atoms with Gasteiger partial charge in [0.05, 0.1) is 11.4 Å². The lowest BCUT2D eigenvalue weighted by molar-refractivity contribution is 1.08. The van der Waals surface area contributed by atoms with Gasteiger partial charge in [-0.2, -0.15) is 0 Å². The summed E-state index contributed by atoms with van der Waals surface area (Å²) in [5, 5.41) is 0. The van der Waals surface area contributed by atoms with E-state index in [9.17, 15) is 0 Å². The first-order valence-corrected chi connectivity index (χ1v) is 16.5. The third-order valence-electron chi connectivity index (χ3n) is 4.21. The molecule has 6 aromatic heterocycles. The topological polar surface area (TPSA) is 155 Å². The molecule has 0 aliphatic heterocycles. The van der Waals surface area contributed by atoms with Crippen LogP contribution in [0.4, 0.5) is 0 Å². The Bertz CT molecular complexity index is 1110. The van der Waals surface area contributed by atoms with E-state index in [-0.39, 0.29) is 0 Å². The van der Waals surface area contributed by atoms with E-state index < -0.39 is 0 Å². The summed E-state index contributed by atoms with van der Waals surface area (Å²) in [5.74, 6) is 1.11. The first-order valence-electron chi connectivity index (χ1n) is 16.5. The summed E-state index contributed by atoms with van der Waals surface area (Å²) in [4.78, 5) is 47.4. The van der Waals surface area contributed by atoms with Gasteiger partial charge < -0.3 is 0 Å². The molecule has 12 nitrogen and oxygen atoms in total. The fourth-order valence-corrected chi connectivity index (χ4v) is 2.61. The molecule has 0 amide bonds. The van der Waals surface area contributed by atoms with Gasteiger partial charge in [-0.1, -0.05) is 83.1 Å². The Balaban J connectivity index is -0.000000546. The van der Waals surface area contributed by atoms with Gasteiger partial charge in [-0.25, -0.2) is 59.8 Å². The lowest BCUT2D eigenvalue weighted by Crippen LogP contribution is -1.91. The van der Waals surface area contributed by atoms with Crippen molar-refractivity contribution < 1.29 is 0 Å². The van der Waals surface area contributed by atoms with Crippen LogP contribution in [0.15, 0.2) is 112 Å². The van der Waals surface area contributed by atoms with Crippen LogP contribution in [0, 0.1) is 0 Å². The fourth-order valence-electron chi connectivity index (χ4n) is 2.61. The maximum atomic E-state index is 4.05. The lowest BCUT2D eigenvalue weighted by Gasteiger charge is -1.95. The predicted molar refractivity (Wildman–Crippen MR) is 197 cm³/mol. The summed E-state index contributed by atoms with van der Waals surface area (Å²) in [6.07, 6.45) is 22.9. The van der Waals surface area contributed by atoms with Gasteiger partial charge in [-0.15, -0.1) is 0 Å². The lowest BCUT2D eigenvalue weighted by atomic mass is 10.2. The molecule has 0 aliphatic rings. The average molecular weight is 655 g/mol. The summed E-state index contributed by atoms with van der Waals surface area (Å²) in [6.45, 7) is 24.0. The maximum Gasteiger partial charge on any atom is 0.197 e. The van der Waals surface area contributed by atoms with Crippen molar-refractivity contribution in [1.29, 1.82) is 0 Å². The molecule has 0 saturated carbocycles. The summed E-state index contributed by atoms with van der Waals surface area (Å²) in [6, 6.07) is 7.13. The number of nitrogens with zero attached hydrogens (tertiary/aromatic N) is 12. The van der Waals surface area contributed by atoms with Crippen LogP contribution >= 0.6 is 0 Å². The summed E-state index contributed by atoms with van der Waals surface area (Å²) >= 11 is 0. The van der Waals surface area contributed by atoms with E-state index in [4.69, 9.17) is 0 Å². The van der Waals surface area contributed by atoms with E-state index in [1.54, 1.807) is 74.1 Å². The molecule has 6 heterocycles. The van der Waals surface area contributed by atoms with E-state index in [0.717, 1.165) is 22.5 Å². The van der Waals surface area contributed by atoms with Gasteiger partial charge in [-0.3, -0.25) is 0 Å². The monoisotopic (exact) mass is 654 g/mol. The van der Waals surface area contributed by atoms with Crippen molar-refractivity contribution in [2.24, 2.45) is 0 Å². The summed E-state index contributed by atoms with van der Waals surface area (Å²) in [5.41, 5.74) is 3.48. The Morgan fingerprint density at radius 2 is 0.604 bits per heavy atom. The quantitative estimate of drug-likeness (QED) is 0.179. The molecule has 0 fully saturated rings. The second-order valence-electron chi connectivity index (χ2n) is 6.59. The van der Waals surface area contributed by atoms with Gasteiger partial charge in [0.15, 0.2) is 11.6 Å². The molecular formula is C36H54N12. The Morgan fingerprint density at radius 3 is 0.854 bits per heavy atom. The molecule has 0 bridgehead atoms. The minimum absolute atomic E-state index is 0.554. The van der Waals surface area contributed by atoms with Crippen LogP contribution in [-0.4, -0.2) is 59.8 Å². The van der Waals surface area contributed by atoms with Crippen molar-refractivity contribution in [3.05, 3.63) is 112 Å². The van der Waals surface area contributed by atoms with Crippen molar-refractivity contribution in [3.8, 4) is 34.2 Å². The molecule has 0 spiro atoms. The van der Waals surface area contributed by atoms with Gasteiger partial charge >= 0.3 is 0 Å². The Morgan fingerprint density at radius 1 is 0.312 bits per heavy atom. The van der Waals surface area contributed by atoms with Crippen LogP contribution in [0.3, 0.4) is 0 Å². The Kier molecular flexibility index (Phi) is 36.8. The molecule has 0 saturated heterocycles. The van der Waals surface area contributed by atoms with Gasteiger partial charge in [0.2, 0.25) is 0 Å². The van der Waals surface area contributed by atoms with Crippen LogP contribution in [0.25, 0.3) is 34.2 Å². The Hall–Kier alpha value is -5.52. The van der Waals surface area contributed by atoms with Crippen molar-refractivity contribution in [2.75, 3.05) is 0 Å². The van der Waals surface area contributed by atoms with E-state index in [1.807, 2.05) is 95.2 Å². The number of hydrogen-bond donors (Lipinski definition) is 0. The molecule has 0 radical (unpaired) electrons. The fraction of sp³-hybridized carbons (Fsp3) is 0.333. The highest BCUT2D eigenvalue weighted by Gasteiger charge is 1.99. The zero-order chi connectivity index (χ0) is 36.7. The van der Waals surface area contributed by atoms with Crippen molar-refractivity contribution in [3.63, 3.8) is 0 Å². The standard InChI is InChI=1S/3C8H6N4.6C2H6/c1-7(2-10-5-9-1)8-3-11-6-12-4-8;1-3-9-5-11-7(1)8-2-4-10-6-12-8;1-3-9-7(10-4-1)8-11-5-2-6-12-8;6*1-2/h3*1-6H;6*1-2H3. The van der Waals surface area contributed by atoms with Crippen LogP contribution in [-0.2, 0) is 0 Å². The molecule has 6 aromatic rings. The van der Waals surface area contributed by atoms with Crippen molar-refractivity contribution >= 4 is 0 Å². The third-order valence-corrected chi connectivity index (χ3v) is 4.21. The maximum absolute atomic E-state index is 4.05. The van der Waals surface area contributed by atoms with E-state index in [2.05, 4.69) is 59.8 Å². The third kappa shape index (κ3) is 21.3. The first kappa shape index (κ1) is 46.9. The normalized spacial score (nSPS) is 8.00. The minimum atomic E-state index is 0.554. The molecule has 0 aromatic carbocycles. The van der Waals surface area contributed by atoms with E-state index in [1.165, 1.54) is 25.3 Å². The van der Waals surface area contributed by atoms with Crippen LogP contribution < -0.4 is 0 Å². The van der Waals surface area contributed by atoms with E-state index in [0.29, 0.717) is 11.6 Å². The molecular weight excluding hydrogens is 600 g/mol. The highest BCUT2D eigenvalue weighted by Crippen LogP contribution is 2.13. The van der Waals surface area contributed by atoms with Crippen LogP contribution in [0.5, 0.6) is 0 Å². The molecule has 0 atom stereocenters. The van der Waals surface area contributed by atoms with Gasteiger partial charge in [0.25, 0.3) is 0 Å².